The van der Waals surface area contributed by atoms with Gasteiger partial charge in [-0.15, -0.1) is 0 Å². The molecule has 370 valence electrons. The molecule has 67 heavy (non-hydrogen) atoms. The van der Waals surface area contributed by atoms with Crippen molar-refractivity contribution in [2.75, 3.05) is 19.8 Å². The van der Waals surface area contributed by atoms with Gasteiger partial charge in [0.25, 0.3) is 0 Å². The van der Waals surface area contributed by atoms with Crippen LogP contribution in [0.2, 0.25) is 0 Å². The maximum atomic E-state index is 13.5. The van der Waals surface area contributed by atoms with E-state index in [9.17, 15) is 19.5 Å². The minimum absolute atomic E-state index is 0.0337. The summed E-state index contributed by atoms with van der Waals surface area (Å²) in [5.74, 6) is -0.971. The van der Waals surface area contributed by atoms with E-state index in [2.05, 4.69) is 12.2 Å². The van der Waals surface area contributed by atoms with Gasteiger partial charge in [0.05, 0.1) is 26.2 Å². The minimum atomic E-state index is -1.15. The Morgan fingerprint density at radius 1 is 0.597 bits per heavy atom. The van der Waals surface area contributed by atoms with Crippen LogP contribution in [0.25, 0.3) is 0 Å². The van der Waals surface area contributed by atoms with E-state index in [0.717, 1.165) is 36.0 Å². The third kappa shape index (κ3) is 24.1. The van der Waals surface area contributed by atoms with E-state index in [1.54, 1.807) is 6.92 Å². The van der Waals surface area contributed by atoms with Crippen LogP contribution < -0.4 is 5.32 Å². The second-order valence-electron chi connectivity index (χ2n) is 17.5. The molecule has 6 atom stereocenters. The molecule has 3 aromatic rings. The number of thiocarbonyl (C=S) groups is 1. The molecule has 3 aromatic carbocycles. The highest BCUT2D eigenvalue weighted by atomic mass is 32.1. The first-order valence-electron chi connectivity index (χ1n) is 24.8. The fourth-order valence-electron chi connectivity index (χ4n) is 7.91. The van der Waals surface area contributed by atoms with Crippen LogP contribution in [0.5, 0.6) is 0 Å². The average Bonchev–Trinajstić information content (AvgIpc) is 3.33. The zero-order valence-electron chi connectivity index (χ0n) is 40.0. The molecule has 4 rings (SSSR count). The van der Waals surface area contributed by atoms with E-state index < -0.39 is 48.9 Å². The Hall–Kier alpha value is -4.24. The molecule has 1 amide bonds. The molecular weight excluding hydrogens is 871 g/mol. The summed E-state index contributed by atoms with van der Waals surface area (Å²) in [4.78, 5) is 39.2. The Kier molecular flexibility index (Phi) is 28.2. The Labute approximate surface area is 405 Å². The van der Waals surface area contributed by atoms with Crippen LogP contribution in [0.3, 0.4) is 0 Å². The molecule has 1 unspecified atom stereocenters. The highest BCUT2D eigenvalue weighted by Gasteiger charge is 2.50. The van der Waals surface area contributed by atoms with Crippen molar-refractivity contribution >= 4 is 35.1 Å². The number of esters is 2. The molecule has 1 heterocycles. The van der Waals surface area contributed by atoms with Crippen LogP contribution in [0.15, 0.2) is 91.0 Å². The minimum Gasteiger partial charge on any atom is -0.463 e. The zero-order valence-corrected chi connectivity index (χ0v) is 40.8. The number of carbonyl (C=O) groups excluding carboxylic acids is 3. The van der Waals surface area contributed by atoms with Crippen molar-refractivity contribution < 1.29 is 52.6 Å². The van der Waals surface area contributed by atoms with E-state index in [-0.39, 0.29) is 58.4 Å². The second kappa shape index (κ2) is 34.1. The lowest BCUT2D eigenvalue weighted by molar-refractivity contribution is -0.319. The van der Waals surface area contributed by atoms with Gasteiger partial charge in [-0.05, 0) is 34.9 Å². The fraction of sp³-hybridized carbons (Fsp3) is 0.593. The Balaban J connectivity index is 1.30. The number of carbonyl (C=O) groups is 3. The van der Waals surface area contributed by atoms with Gasteiger partial charge in [0.2, 0.25) is 0 Å². The smallest absolute Gasteiger partial charge is 0.407 e. The van der Waals surface area contributed by atoms with Crippen LogP contribution in [0.4, 0.5) is 4.79 Å². The molecule has 13 heteroatoms. The van der Waals surface area contributed by atoms with Gasteiger partial charge in [0.1, 0.15) is 37.6 Å². The van der Waals surface area contributed by atoms with Gasteiger partial charge >= 0.3 is 18.0 Å². The largest absolute Gasteiger partial charge is 0.463 e. The number of aliphatic hydroxyl groups excluding tert-OH is 1. The lowest BCUT2D eigenvalue weighted by Gasteiger charge is -2.45. The van der Waals surface area contributed by atoms with Crippen molar-refractivity contribution in [2.24, 2.45) is 0 Å². The highest BCUT2D eigenvalue weighted by molar-refractivity contribution is 7.80. The molecule has 0 aliphatic carbocycles. The summed E-state index contributed by atoms with van der Waals surface area (Å²) >= 11 is 5.54. The fourth-order valence-corrected chi connectivity index (χ4v) is 8.07. The van der Waals surface area contributed by atoms with Gasteiger partial charge in [-0.25, -0.2) is 4.79 Å². The summed E-state index contributed by atoms with van der Waals surface area (Å²) in [6.45, 7) is 3.89. The summed E-state index contributed by atoms with van der Waals surface area (Å²) in [6.07, 6.45) is 12.4. The molecule has 1 fully saturated rings. The number of hydrogen-bond donors (Lipinski definition) is 2. The first kappa shape index (κ1) is 55.4. The number of nitrogens with one attached hydrogen (secondary N) is 1. The van der Waals surface area contributed by atoms with E-state index in [1.807, 2.05) is 91.0 Å². The molecule has 0 saturated carbocycles. The standard InChI is InChI=1S/C54H77NO11S/c1-3-4-5-6-7-8-9-10-11-12-13-14-15-16-26-33-48(57)60-40-46(56)41-63-53-52(62-38-44-29-22-18-23-30-44)51(61-37-43-27-20-17-21-28-43)50(47(65-53)36-42(2)67)66-49(58)34-35-55-54(59)64-39-45-31-24-19-25-32-45/h17-25,27-32,46-47,50-53,56H,3-16,26,33-41H2,1-2H3,(H,55,59)/t46?,47-,50-,51+,52-,53-/m1/s1. The summed E-state index contributed by atoms with van der Waals surface area (Å²) in [5, 5.41) is 13.6. The van der Waals surface area contributed by atoms with Crippen LogP contribution >= 0.6 is 12.2 Å². The summed E-state index contributed by atoms with van der Waals surface area (Å²) in [5.41, 5.74) is 2.58. The van der Waals surface area contributed by atoms with Crippen LogP contribution in [-0.4, -0.2) is 84.6 Å². The lowest BCUT2D eigenvalue weighted by Crippen LogP contribution is -2.61. The molecule has 0 radical (unpaired) electrons. The Morgan fingerprint density at radius 2 is 1.09 bits per heavy atom. The van der Waals surface area contributed by atoms with Gasteiger partial charge in [-0.3, -0.25) is 9.59 Å². The summed E-state index contributed by atoms with van der Waals surface area (Å²) < 4.78 is 42.8. The predicted octanol–water partition coefficient (Wildman–Crippen LogP) is 11.1. The van der Waals surface area contributed by atoms with Crippen molar-refractivity contribution in [1.82, 2.24) is 5.32 Å². The normalized spacial score (nSPS) is 18.5. The number of rotatable bonds is 35. The highest BCUT2D eigenvalue weighted by Crippen LogP contribution is 2.33. The summed E-state index contributed by atoms with van der Waals surface area (Å²) in [7, 11) is 0. The van der Waals surface area contributed by atoms with Crippen LogP contribution in [0.1, 0.15) is 146 Å². The molecule has 0 bridgehead atoms. The maximum Gasteiger partial charge on any atom is 0.407 e. The first-order chi connectivity index (χ1) is 32.7. The third-order valence-corrected chi connectivity index (χ3v) is 11.8. The number of unbranched alkanes of at least 4 members (excludes halogenated alkanes) is 14. The second-order valence-corrected chi connectivity index (χ2v) is 18.2. The van der Waals surface area contributed by atoms with Crippen molar-refractivity contribution in [3.05, 3.63) is 108 Å². The average molecular weight is 948 g/mol. The number of ether oxygens (including phenoxy) is 7. The first-order valence-corrected chi connectivity index (χ1v) is 25.2. The van der Waals surface area contributed by atoms with E-state index in [1.165, 1.54) is 77.0 Å². The Bertz CT molecular complexity index is 1790. The molecule has 1 saturated heterocycles. The van der Waals surface area contributed by atoms with Crippen molar-refractivity contribution in [3.8, 4) is 0 Å². The van der Waals surface area contributed by atoms with Crippen molar-refractivity contribution in [1.29, 1.82) is 0 Å². The van der Waals surface area contributed by atoms with E-state index in [4.69, 9.17) is 45.4 Å². The quantitative estimate of drug-likeness (QED) is 0.0250. The molecule has 0 spiro atoms. The van der Waals surface area contributed by atoms with Gasteiger partial charge < -0.3 is 43.6 Å². The number of alkyl carbamates (subject to hydrolysis) is 1. The summed E-state index contributed by atoms with van der Waals surface area (Å²) in [6, 6.07) is 28.4. The van der Waals surface area contributed by atoms with Gasteiger partial charge in [-0.2, -0.15) is 0 Å². The predicted molar refractivity (Wildman–Crippen MR) is 263 cm³/mol. The van der Waals surface area contributed by atoms with Crippen molar-refractivity contribution in [2.45, 2.75) is 186 Å². The maximum absolute atomic E-state index is 13.5. The van der Waals surface area contributed by atoms with Crippen molar-refractivity contribution in [3.63, 3.8) is 0 Å². The Morgan fingerprint density at radius 3 is 1.61 bits per heavy atom. The zero-order chi connectivity index (χ0) is 47.7. The number of aliphatic hydroxyl groups is 1. The van der Waals surface area contributed by atoms with Gasteiger partial charge in [0.15, 0.2) is 12.4 Å². The SMILES string of the molecule is CCCCCCCCCCCCCCCCCC(=O)OCC(O)CO[C@@H]1O[C@H](CC(C)=S)[C@@H](OC(=O)CCNC(=O)OCc2ccccc2)[C@H](OCc2ccccc2)[C@H]1OCc1ccccc1. The monoisotopic (exact) mass is 948 g/mol. The van der Waals surface area contributed by atoms with E-state index >= 15 is 0 Å². The number of hydrogen-bond acceptors (Lipinski definition) is 12. The number of amides is 1. The van der Waals surface area contributed by atoms with E-state index in [0.29, 0.717) is 11.3 Å². The molecule has 2 N–H and O–H groups in total. The number of benzene rings is 3. The van der Waals surface area contributed by atoms with Crippen LogP contribution in [0, 0.1) is 0 Å². The van der Waals surface area contributed by atoms with Gasteiger partial charge in [0, 0.05) is 19.4 Å². The molecule has 12 nitrogen and oxygen atoms in total. The molecule has 0 aromatic heterocycles. The van der Waals surface area contributed by atoms with Crippen LogP contribution in [-0.2, 0) is 62.6 Å². The topological polar surface area (TPSA) is 148 Å². The molecule has 1 aliphatic rings. The van der Waals surface area contributed by atoms with Gasteiger partial charge in [-0.1, -0.05) is 200 Å². The molecular formula is C54H77NO11S. The lowest BCUT2D eigenvalue weighted by atomic mass is 9.95. The molecule has 1 aliphatic heterocycles. The third-order valence-electron chi connectivity index (χ3n) is 11.6.